The number of rotatable bonds is 1. The average molecular weight is 291 g/mol. The van der Waals surface area contributed by atoms with Gasteiger partial charge in [-0.15, -0.1) is 0 Å². The van der Waals surface area contributed by atoms with Crippen LogP contribution < -0.4 is 5.73 Å². The lowest BCUT2D eigenvalue weighted by Gasteiger charge is -2.04. The molecule has 0 saturated heterocycles. The average Bonchev–Trinajstić information content (AvgIpc) is 2.59. The zero-order valence-corrected chi connectivity index (χ0v) is 9.73. The van der Waals surface area contributed by atoms with Crippen molar-refractivity contribution in [1.82, 2.24) is 10.2 Å². The molecule has 1 aromatic carbocycles. The minimum Gasteiger partial charge on any atom is -0.382 e. The van der Waals surface area contributed by atoms with Gasteiger partial charge in [0.25, 0.3) is 0 Å². The van der Waals surface area contributed by atoms with Crippen molar-refractivity contribution in [1.29, 1.82) is 0 Å². The Balaban J connectivity index is 2.66. The van der Waals surface area contributed by atoms with E-state index in [1.807, 2.05) is 0 Å². The van der Waals surface area contributed by atoms with E-state index >= 15 is 0 Å². The molecule has 1 heterocycles. The summed E-state index contributed by atoms with van der Waals surface area (Å²) in [5.41, 5.74) is 6.25. The monoisotopic (exact) mass is 289 g/mol. The zero-order valence-electron chi connectivity index (χ0n) is 7.39. The van der Waals surface area contributed by atoms with Crippen molar-refractivity contribution in [3.8, 4) is 11.3 Å². The number of hydrogen-bond acceptors (Lipinski definition) is 2. The van der Waals surface area contributed by atoms with E-state index in [-0.39, 0.29) is 0 Å². The number of nitrogen functional groups attached to an aromatic ring is 1. The van der Waals surface area contributed by atoms with Gasteiger partial charge in [-0.2, -0.15) is 5.10 Å². The van der Waals surface area contributed by atoms with Crippen LogP contribution >= 0.6 is 27.5 Å². The Bertz CT molecular complexity index is 512. The first-order valence-corrected chi connectivity index (χ1v) is 5.21. The first-order valence-electron chi connectivity index (χ1n) is 4.04. The fourth-order valence-corrected chi connectivity index (χ4v) is 1.93. The third-order valence-electron chi connectivity index (χ3n) is 1.91. The molecule has 0 aliphatic rings. The van der Waals surface area contributed by atoms with E-state index in [0.29, 0.717) is 26.6 Å². The van der Waals surface area contributed by atoms with E-state index in [2.05, 4.69) is 26.1 Å². The Morgan fingerprint density at radius 2 is 2.20 bits per heavy atom. The fourth-order valence-electron chi connectivity index (χ4n) is 1.24. The molecule has 78 valence electrons. The highest BCUT2D eigenvalue weighted by molar-refractivity contribution is 9.10. The van der Waals surface area contributed by atoms with Crippen LogP contribution in [0.5, 0.6) is 0 Å². The predicted octanol–water partition coefficient (Wildman–Crippen LogP) is 3.21. The van der Waals surface area contributed by atoms with Crippen LogP contribution in [0.3, 0.4) is 0 Å². The minimum absolute atomic E-state index is 0.302. The van der Waals surface area contributed by atoms with Crippen molar-refractivity contribution in [2.45, 2.75) is 0 Å². The molecule has 3 nitrogen and oxygen atoms in total. The molecule has 0 fully saturated rings. The highest BCUT2D eigenvalue weighted by atomic mass is 79.9. The number of H-pyrrole nitrogens is 1. The molecule has 0 amide bonds. The number of aromatic nitrogens is 2. The van der Waals surface area contributed by atoms with Gasteiger partial charge in [-0.25, -0.2) is 4.39 Å². The summed E-state index contributed by atoms with van der Waals surface area (Å²) in [7, 11) is 0. The lowest BCUT2D eigenvalue weighted by molar-refractivity contribution is 0.630. The van der Waals surface area contributed by atoms with Crippen LogP contribution in [0, 0.1) is 5.82 Å². The molecule has 3 N–H and O–H groups in total. The number of halogens is 3. The summed E-state index contributed by atoms with van der Waals surface area (Å²) in [6, 6.07) is 4.31. The number of nitrogens with two attached hydrogens (primary N) is 1. The van der Waals surface area contributed by atoms with Gasteiger partial charge in [-0.1, -0.05) is 11.6 Å². The molecule has 2 aromatic rings. The highest BCUT2D eigenvalue weighted by Crippen LogP contribution is 2.35. The van der Waals surface area contributed by atoms with Crippen LogP contribution in [-0.4, -0.2) is 10.2 Å². The van der Waals surface area contributed by atoms with Crippen LogP contribution in [0.15, 0.2) is 22.7 Å². The third kappa shape index (κ3) is 1.85. The molecule has 0 aliphatic carbocycles. The first-order chi connectivity index (χ1) is 7.09. The normalized spacial score (nSPS) is 10.6. The molecule has 6 heteroatoms. The van der Waals surface area contributed by atoms with Gasteiger partial charge >= 0.3 is 0 Å². The summed E-state index contributed by atoms with van der Waals surface area (Å²) in [6.07, 6.45) is 0. The number of benzene rings is 1. The summed E-state index contributed by atoms with van der Waals surface area (Å²) in [5, 5.41) is 6.78. The van der Waals surface area contributed by atoms with Crippen LogP contribution in [0.25, 0.3) is 11.3 Å². The molecule has 1 aromatic heterocycles. The van der Waals surface area contributed by atoms with Crippen molar-refractivity contribution in [2.75, 3.05) is 5.73 Å². The molecule has 0 bridgehead atoms. The lowest BCUT2D eigenvalue weighted by Crippen LogP contribution is -1.87. The molecule has 0 unspecified atom stereocenters. The molecule has 0 saturated carbocycles. The Hall–Kier alpha value is -1.07. The smallest absolute Gasteiger partial charge is 0.145 e. The molecule has 0 radical (unpaired) electrons. The van der Waals surface area contributed by atoms with Crippen LogP contribution in [0.4, 0.5) is 10.2 Å². The molecule has 15 heavy (non-hydrogen) atoms. The van der Waals surface area contributed by atoms with Gasteiger partial charge in [-0.05, 0) is 28.1 Å². The van der Waals surface area contributed by atoms with Crippen molar-refractivity contribution in [3.05, 3.63) is 33.5 Å². The summed E-state index contributed by atoms with van der Waals surface area (Å²) < 4.78 is 14.0. The Labute approximate surface area is 98.6 Å². The van der Waals surface area contributed by atoms with Crippen molar-refractivity contribution < 1.29 is 4.39 Å². The Morgan fingerprint density at radius 1 is 1.47 bits per heavy atom. The maximum Gasteiger partial charge on any atom is 0.145 e. The summed E-state index contributed by atoms with van der Waals surface area (Å²) in [6.45, 7) is 0. The second-order valence-corrected chi connectivity index (χ2v) is 4.12. The van der Waals surface area contributed by atoms with E-state index in [9.17, 15) is 4.39 Å². The topological polar surface area (TPSA) is 54.7 Å². The SMILES string of the molecule is Nc1cc(-c2c(F)ccc(Cl)c2Br)[nH]n1. The van der Waals surface area contributed by atoms with Gasteiger partial charge in [0, 0.05) is 10.5 Å². The molecule has 0 spiro atoms. The van der Waals surface area contributed by atoms with Crippen LogP contribution in [-0.2, 0) is 0 Å². The second-order valence-electron chi connectivity index (χ2n) is 2.92. The zero-order chi connectivity index (χ0) is 11.0. The van der Waals surface area contributed by atoms with E-state index in [0.717, 1.165) is 0 Å². The van der Waals surface area contributed by atoms with Gasteiger partial charge in [0.15, 0.2) is 0 Å². The number of nitrogens with one attached hydrogen (secondary N) is 1. The maximum absolute atomic E-state index is 13.5. The molecular weight excluding hydrogens is 284 g/mol. The van der Waals surface area contributed by atoms with Gasteiger partial charge < -0.3 is 5.73 Å². The first kappa shape index (κ1) is 10.4. The lowest BCUT2D eigenvalue weighted by atomic mass is 10.1. The highest BCUT2D eigenvalue weighted by Gasteiger charge is 2.14. The summed E-state index contributed by atoms with van der Waals surface area (Å²) in [4.78, 5) is 0. The Morgan fingerprint density at radius 3 is 2.80 bits per heavy atom. The largest absolute Gasteiger partial charge is 0.382 e. The van der Waals surface area contributed by atoms with Gasteiger partial charge in [0.2, 0.25) is 0 Å². The van der Waals surface area contributed by atoms with Gasteiger partial charge in [0.1, 0.15) is 11.6 Å². The van der Waals surface area contributed by atoms with Crippen LogP contribution in [0.2, 0.25) is 5.02 Å². The quantitative estimate of drug-likeness (QED) is 0.792. The van der Waals surface area contributed by atoms with E-state index in [1.165, 1.54) is 12.1 Å². The predicted molar refractivity (Wildman–Crippen MR) is 61.1 cm³/mol. The standard InChI is InChI=1S/C9H6BrClFN3/c10-9-4(11)1-2-5(12)8(9)6-3-7(13)15-14-6/h1-3H,(H3,13,14,15). The minimum atomic E-state index is -0.394. The summed E-state index contributed by atoms with van der Waals surface area (Å²) >= 11 is 9.08. The molecule has 0 aliphatic heterocycles. The number of nitrogens with zero attached hydrogens (tertiary/aromatic N) is 1. The number of aromatic amines is 1. The second kappa shape index (κ2) is 3.83. The summed E-state index contributed by atoms with van der Waals surface area (Å²) in [5.74, 6) is -0.0915. The van der Waals surface area contributed by atoms with Crippen LogP contribution in [0.1, 0.15) is 0 Å². The van der Waals surface area contributed by atoms with Crippen molar-refractivity contribution >= 4 is 33.3 Å². The van der Waals surface area contributed by atoms with Crippen molar-refractivity contribution in [2.24, 2.45) is 0 Å². The number of hydrogen-bond donors (Lipinski definition) is 2. The molecule has 0 atom stereocenters. The maximum atomic E-state index is 13.5. The van der Waals surface area contributed by atoms with Gasteiger partial charge in [0.05, 0.1) is 16.3 Å². The molecule has 2 rings (SSSR count). The van der Waals surface area contributed by atoms with Crippen molar-refractivity contribution in [3.63, 3.8) is 0 Å². The van der Waals surface area contributed by atoms with E-state index in [4.69, 9.17) is 17.3 Å². The third-order valence-corrected chi connectivity index (χ3v) is 3.28. The van der Waals surface area contributed by atoms with Gasteiger partial charge in [-0.3, -0.25) is 5.10 Å². The number of anilines is 1. The Kier molecular flexibility index (Phi) is 2.67. The van der Waals surface area contributed by atoms with E-state index in [1.54, 1.807) is 6.07 Å². The molecular formula is C9H6BrClFN3. The fraction of sp³-hybridized carbons (Fsp3) is 0. The van der Waals surface area contributed by atoms with E-state index < -0.39 is 5.82 Å².